The summed E-state index contributed by atoms with van der Waals surface area (Å²) in [5, 5.41) is 14.8. The number of carbonyl (C=O) groups excluding carboxylic acids is 1. The van der Waals surface area contributed by atoms with Crippen molar-refractivity contribution in [1.82, 2.24) is 15.5 Å². The van der Waals surface area contributed by atoms with E-state index in [2.05, 4.69) is 36.7 Å². The largest absolute Gasteiger partial charge is 0.495 e. The molecule has 1 atom stereocenters. The number of hydrogen-bond acceptors (Lipinski definition) is 6. The first-order valence-corrected chi connectivity index (χ1v) is 10.2. The van der Waals surface area contributed by atoms with E-state index >= 15 is 0 Å². The Bertz CT molecular complexity index is 874. The van der Waals surface area contributed by atoms with Crippen LogP contribution < -0.4 is 25.2 Å². The molecule has 2 aliphatic heterocycles. The second-order valence-corrected chi connectivity index (χ2v) is 7.75. The molecular weight excluding hydrogens is 392 g/mol. The second kappa shape index (κ2) is 8.73. The van der Waals surface area contributed by atoms with Crippen LogP contribution in [0.15, 0.2) is 30.5 Å². The first-order chi connectivity index (χ1) is 14.1. The van der Waals surface area contributed by atoms with Gasteiger partial charge in [-0.25, -0.2) is 4.79 Å². The van der Waals surface area contributed by atoms with Crippen LogP contribution in [0.5, 0.6) is 5.75 Å². The van der Waals surface area contributed by atoms with Crippen LogP contribution in [-0.4, -0.2) is 55.6 Å². The number of nitrogens with zero attached hydrogens (tertiary/aromatic N) is 4. The molecule has 0 radical (unpaired) electrons. The van der Waals surface area contributed by atoms with Gasteiger partial charge in [-0.15, -0.1) is 5.10 Å². The summed E-state index contributed by atoms with van der Waals surface area (Å²) in [5.74, 6) is 1.43. The Morgan fingerprint density at radius 2 is 2.03 bits per heavy atom. The topological polar surface area (TPSA) is 82.6 Å². The number of benzene rings is 1. The Labute approximate surface area is 175 Å². The molecule has 2 aromatic rings. The SMILES string of the molecule is COc1ccc(NC(=O)NC2CCN(c3cc(N4CCCC4)cnn3)C2)cc1Cl. The molecule has 1 aromatic carbocycles. The van der Waals surface area contributed by atoms with Gasteiger partial charge >= 0.3 is 6.03 Å². The predicted octanol–water partition coefficient (Wildman–Crippen LogP) is 3.14. The second-order valence-electron chi connectivity index (χ2n) is 7.35. The first kappa shape index (κ1) is 19.6. The van der Waals surface area contributed by atoms with E-state index in [1.807, 2.05) is 6.20 Å². The highest BCUT2D eigenvalue weighted by atomic mass is 35.5. The molecule has 1 unspecified atom stereocenters. The van der Waals surface area contributed by atoms with Crippen molar-refractivity contribution in [3.8, 4) is 5.75 Å². The standard InChI is InChI=1S/C20H25ClN6O2/c1-29-18-5-4-14(10-17(18)21)23-20(28)24-15-6-9-27(13-15)19-11-16(12-22-25-19)26-7-2-3-8-26/h4-5,10-12,15H,2-3,6-9,13H2,1H3,(H2,23,24,28). The van der Waals surface area contributed by atoms with Crippen molar-refractivity contribution in [2.75, 3.05) is 48.4 Å². The highest BCUT2D eigenvalue weighted by Crippen LogP contribution is 2.27. The Kier molecular flexibility index (Phi) is 5.89. The number of halogens is 1. The summed E-state index contributed by atoms with van der Waals surface area (Å²) < 4.78 is 5.13. The van der Waals surface area contributed by atoms with Crippen molar-refractivity contribution in [2.45, 2.75) is 25.3 Å². The molecule has 2 amide bonds. The molecule has 2 N–H and O–H groups in total. The number of carbonyl (C=O) groups is 1. The molecule has 1 aromatic heterocycles. The van der Waals surface area contributed by atoms with E-state index in [0.29, 0.717) is 23.0 Å². The first-order valence-electron chi connectivity index (χ1n) is 9.86. The molecule has 2 aliphatic rings. The van der Waals surface area contributed by atoms with E-state index in [-0.39, 0.29) is 12.1 Å². The van der Waals surface area contributed by atoms with Crippen LogP contribution in [0.2, 0.25) is 5.02 Å². The van der Waals surface area contributed by atoms with Gasteiger partial charge in [0.25, 0.3) is 0 Å². The molecular formula is C20H25ClN6O2. The molecule has 0 spiro atoms. The maximum atomic E-state index is 12.4. The van der Waals surface area contributed by atoms with Crippen LogP contribution in [0, 0.1) is 0 Å². The summed E-state index contributed by atoms with van der Waals surface area (Å²) in [7, 11) is 1.55. The Morgan fingerprint density at radius 1 is 1.21 bits per heavy atom. The summed E-state index contributed by atoms with van der Waals surface area (Å²) in [6.07, 6.45) is 5.13. The molecule has 0 aliphatic carbocycles. The highest BCUT2D eigenvalue weighted by Gasteiger charge is 2.26. The zero-order chi connectivity index (χ0) is 20.2. The molecule has 8 nitrogen and oxygen atoms in total. The summed E-state index contributed by atoms with van der Waals surface area (Å²) in [4.78, 5) is 16.9. The van der Waals surface area contributed by atoms with Crippen LogP contribution in [0.1, 0.15) is 19.3 Å². The Hall–Kier alpha value is -2.74. The summed E-state index contributed by atoms with van der Waals surface area (Å²) >= 11 is 6.11. The minimum atomic E-state index is -0.255. The van der Waals surface area contributed by atoms with Crippen molar-refractivity contribution in [3.05, 3.63) is 35.5 Å². The quantitative estimate of drug-likeness (QED) is 0.779. The monoisotopic (exact) mass is 416 g/mol. The van der Waals surface area contributed by atoms with Gasteiger partial charge < -0.3 is 25.2 Å². The molecule has 154 valence electrons. The van der Waals surface area contributed by atoms with Gasteiger partial charge in [0.15, 0.2) is 5.82 Å². The number of urea groups is 1. The molecule has 3 heterocycles. The summed E-state index contributed by atoms with van der Waals surface area (Å²) in [6, 6.07) is 7.03. The van der Waals surface area contributed by atoms with Gasteiger partial charge in [0, 0.05) is 44.0 Å². The van der Waals surface area contributed by atoms with Gasteiger partial charge in [-0.2, -0.15) is 5.10 Å². The van der Waals surface area contributed by atoms with E-state index in [1.54, 1.807) is 25.3 Å². The fourth-order valence-electron chi connectivity index (χ4n) is 3.83. The lowest BCUT2D eigenvalue weighted by molar-refractivity contribution is 0.249. The van der Waals surface area contributed by atoms with Crippen molar-refractivity contribution in [2.24, 2.45) is 0 Å². The van der Waals surface area contributed by atoms with Gasteiger partial charge in [0.1, 0.15) is 5.75 Å². The fourth-order valence-corrected chi connectivity index (χ4v) is 4.09. The van der Waals surface area contributed by atoms with Crippen molar-refractivity contribution in [3.63, 3.8) is 0 Å². The molecule has 2 saturated heterocycles. The third-order valence-electron chi connectivity index (χ3n) is 5.36. The average Bonchev–Trinajstić information content (AvgIpc) is 3.40. The number of anilines is 3. The highest BCUT2D eigenvalue weighted by molar-refractivity contribution is 6.32. The lowest BCUT2D eigenvalue weighted by Gasteiger charge is -2.21. The van der Waals surface area contributed by atoms with Gasteiger partial charge in [0.05, 0.1) is 24.0 Å². The summed E-state index contributed by atoms with van der Waals surface area (Å²) in [5.41, 5.74) is 1.74. The summed E-state index contributed by atoms with van der Waals surface area (Å²) in [6.45, 7) is 3.68. The van der Waals surface area contributed by atoms with Crippen LogP contribution in [0.3, 0.4) is 0 Å². The van der Waals surface area contributed by atoms with Crippen molar-refractivity contribution >= 4 is 34.8 Å². The maximum Gasteiger partial charge on any atom is 0.319 e. The molecule has 2 fully saturated rings. The number of methoxy groups -OCH3 is 1. The minimum Gasteiger partial charge on any atom is -0.495 e. The molecule has 9 heteroatoms. The number of aromatic nitrogens is 2. The number of rotatable bonds is 5. The fraction of sp³-hybridized carbons (Fsp3) is 0.450. The van der Waals surface area contributed by atoms with Gasteiger partial charge in [-0.05, 0) is 37.5 Å². The van der Waals surface area contributed by atoms with Crippen molar-refractivity contribution < 1.29 is 9.53 Å². The molecule has 0 bridgehead atoms. The van der Waals surface area contributed by atoms with E-state index in [0.717, 1.165) is 37.6 Å². The number of amides is 2. The molecule has 4 rings (SSSR count). The van der Waals surface area contributed by atoms with E-state index in [4.69, 9.17) is 16.3 Å². The van der Waals surface area contributed by atoms with E-state index in [1.165, 1.54) is 12.8 Å². The number of ether oxygens (including phenoxy) is 1. The third kappa shape index (κ3) is 4.64. The molecule has 29 heavy (non-hydrogen) atoms. The van der Waals surface area contributed by atoms with Crippen molar-refractivity contribution in [1.29, 1.82) is 0 Å². The average molecular weight is 417 g/mol. The minimum absolute atomic E-state index is 0.0426. The predicted molar refractivity (Wildman–Crippen MR) is 114 cm³/mol. The Morgan fingerprint density at radius 3 is 2.79 bits per heavy atom. The zero-order valence-electron chi connectivity index (χ0n) is 16.4. The smallest absolute Gasteiger partial charge is 0.319 e. The van der Waals surface area contributed by atoms with Gasteiger partial charge in [-0.1, -0.05) is 11.6 Å². The lowest BCUT2D eigenvalue weighted by Crippen LogP contribution is -2.39. The normalized spacial score (nSPS) is 18.8. The van der Waals surface area contributed by atoms with Gasteiger partial charge in [-0.3, -0.25) is 0 Å². The van der Waals surface area contributed by atoms with Crippen LogP contribution >= 0.6 is 11.6 Å². The van der Waals surface area contributed by atoms with Crippen LogP contribution in [-0.2, 0) is 0 Å². The number of nitrogens with one attached hydrogen (secondary N) is 2. The lowest BCUT2D eigenvalue weighted by atomic mass is 10.2. The molecule has 0 saturated carbocycles. The number of hydrogen-bond donors (Lipinski definition) is 2. The Balaban J connectivity index is 1.32. The van der Waals surface area contributed by atoms with Crippen LogP contribution in [0.25, 0.3) is 0 Å². The van der Waals surface area contributed by atoms with E-state index in [9.17, 15) is 4.79 Å². The van der Waals surface area contributed by atoms with Crippen LogP contribution in [0.4, 0.5) is 22.0 Å². The zero-order valence-corrected chi connectivity index (χ0v) is 17.2. The van der Waals surface area contributed by atoms with E-state index < -0.39 is 0 Å². The maximum absolute atomic E-state index is 12.4. The van der Waals surface area contributed by atoms with Gasteiger partial charge in [0.2, 0.25) is 0 Å². The third-order valence-corrected chi connectivity index (χ3v) is 5.65.